The van der Waals surface area contributed by atoms with Crippen LogP contribution in [0.2, 0.25) is 0 Å². The van der Waals surface area contributed by atoms with E-state index >= 15 is 0 Å². The topological polar surface area (TPSA) is 105 Å². The van der Waals surface area contributed by atoms with Gasteiger partial charge in [0.15, 0.2) is 6.10 Å². The van der Waals surface area contributed by atoms with Crippen LogP contribution in [-0.2, 0) is 24.7 Å². The van der Waals surface area contributed by atoms with Crippen molar-refractivity contribution in [2.45, 2.75) is 64.6 Å². The van der Waals surface area contributed by atoms with E-state index in [2.05, 4.69) is 24.5 Å². The maximum Gasteiger partial charge on any atom is 0.327 e. The molecule has 1 aromatic rings. The smallest absolute Gasteiger partial charge is 0.327 e. The monoisotopic (exact) mass is 429 g/mol. The molecule has 0 radical (unpaired) electrons. The summed E-state index contributed by atoms with van der Waals surface area (Å²) in [7, 11) is 0. The first-order chi connectivity index (χ1) is 14.6. The Morgan fingerprint density at radius 1 is 1.23 bits per heavy atom. The molecule has 4 amide bonds. The van der Waals surface area contributed by atoms with Crippen LogP contribution in [0.15, 0.2) is 30.3 Å². The fourth-order valence-corrected chi connectivity index (χ4v) is 4.31. The number of benzene rings is 1. The van der Waals surface area contributed by atoms with E-state index < -0.39 is 36.1 Å². The first-order valence-corrected chi connectivity index (χ1v) is 10.8. The van der Waals surface area contributed by atoms with Crippen LogP contribution in [0, 0.1) is 11.8 Å². The number of imide groups is 1. The molecule has 8 nitrogen and oxygen atoms in total. The lowest BCUT2D eigenvalue weighted by atomic mass is 9.78. The largest absolute Gasteiger partial charge is 0.451 e. The fourth-order valence-electron chi connectivity index (χ4n) is 4.31. The van der Waals surface area contributed by atoms with Crippen LogP contribution in [0.1, 0.15) is 52.5 Å². The number of nitrogens with zero attached hydrogens (tertiary/aromatic N) is 1. The molecule has 1 saturated heterocycles. The van der Waals surface area contributed by atoms with Gasteiger partial charge in [0.1, 0.15) is 12.1 Å². The van der Waals surface area contributed by atoms with Gasteiger partial charge in [0.25, 0.3) is 11.8 Å². The molecule has 1 aliphatic heterocycles. The third-order valence-corrected chi connectivity index (χ3v) is 6.63. The number of hydrogen-bond acceptors (Lipinski definition) is 5. The molecule has 168 valence electrons. The van der Waals surface area contributed by atoms with Crippen LogP contribution in [0.5, 0.6) is 0 Å². The van der Waals surface area contributed by atoms with Crippen LogP contribution in [0.3, 0.4) is 0 Å². The number of rotatable bonds is 6. The Bertz CT molecular complexity index is 858. The average Bonchev–Trinajstić information content (AvgIpc) is 2.96. The second-order valence-electron chi connectivity index (χ2n) is 8.83. The van der Waals surface area contributed by atoms with Crippen molar-refractivity contribution in [1.29, 1.82) is 0 Å². The lowest BCUT2D eigenvalue weighted by Gasteiger charge is -2.35. The Labute approximate surface area is 182 Å². The predicted octanol–water partition coefficient (Wildman–Crippen LogP) is 2.33. The number of carbonyl (C=O) groups is 4. The van der Waals surface area contributed by atoms with Gasteiger partial charge in [-0.3, -0.25) is 19.3 Å². The standard InChI is InChI=1S/C23H31N3O5/c1-14-9-8-12-18(15(14)2)24-20(28)16(3)31-19(27)13-26-21(29)23(4,25-22(26)30)17-10-6-5-7-11-17/h5-7,10-11,14-16,18H,8-9,12-13H2,1-4H3,(H,24,28)(H,25,30)/t14-,15+,16+,18+,23+/m0/s1. The Kier molecular flexibility index (Phi) is 6.67. The van der Waals surface area contributed by atoms with Crippen molar-refractivity contribution in [2.75, 3.05) is 6.54 Å². The molecule has 0 spiro atoms. The summed E-state index contributed by atoms with van der Waals surface area (Å²) in [4.78, 5) is 51.0. The van der Waals surface area contributed by atoms with Gasteiger partial charge in [-0.05, 0) is 37.7 Å². The predicted molar refractivity (Wildman–Crippen MR) is 114 cm³/mol. The zero-order valence-electron chi connectivity index (χ0n) is 18.5. The molecule has 1 heterocycles. The maximum absolute atomic E-state index is 12.9. The van der Waals surface area contributed by atoms with Crippen molar-refractivity contribution in [3.63, 3.8) is 0 Å². The highest BCUT2D eigenvalue weighted by molar-refractivity contribution is 6.08. The third-order valence-electron chi connectivity index (χ3n) is 6.63. The molecular weight excluding hydrogens is 398 g/mol. The van der Waals surface area contributed by atoms with E-state index in [1.807, 2.05) is 6.07 Å². The lowest BCUT2D eigenvalue weighted by molar-refractivity contribution is -0.157. The lowest BCUT2D eigenvalue weighted by Crippen LogP contribution is -2.48. The van der Waals surface area contributed by atoms with Crippen molar-refractivity contribution in [2.24, 2.45) is 11.8 Å². The van der Waals surface area contributed by atoms with E-state index in [4.69, 9.17) is 4.74 Å². The molecule has 31 heavy (non-hydrogen) atoms. The molecule has 1 aliphatic carbocycles. The summed E-state index contributed by atoms with van der Waals surface area (Å²) >= 11 is 0. The first-order valence-electron chi connectivity index (χ1n) is 10.8. The normalized spacial score (nSPS) is 29.3. The molecule has 2 fully saturated rings. The van der Waals surface area contributed by atoms with E-state index in [1.165, 1.54) is 6.92 Å². The molecule has 5 atom stereocenters. The van der Waals surface area contributed by atoms with Crippen molar-refractivity contribution in [3.8, 4) is 0 Å². The average molecular weight is 430 g/mol. The van der Waals surface area contributed by atoms with Gasteiger partial charge in [0.05, 0.1) is 0 Å². The summed E-state index contributed by atoms with van der Waals surface area (Å²) in [6.45, 7) is 6.82. The van der Waals surface area contributed by atoms with E-state index in [-0.39, 0.29) is 11.9 Å². The Morgan fingerprint density at radius 2 is 1.90 bits per heavy atom. The van der Waals surface area contributed by atoms with E-state index in [1.54, 1.807) is 31.2 Å². The number of ether oxygens (including phenoxy) is 1. The molecule has 0 unspecified atom stereocenters. The van der Waals surface area contributed by atoms with E-state index in [0.717, 1.165) is 24.2 Å². The number of carbonyl (C=O) groups excluding carboxylic acids is 4. The third kappa shape index (κ3) is 4.73. The number of hydrogen-bond donors (Lipinski definition) is 2. The van der Waals surface area contributed by atoms with Crippen molar-refractivity contribution < 1.29 is 23.9 Å². The summed E-state index contributed by atoms with van der Waals surface area (Å²) in [5, 5.41) is 5.62. The molecule has 1 saturated carbocycles. The van der Waals surface area contributed by atoms with Gasteiger partial charge in [0, 0.05) is 6.04 Å². The molecular formula is C23H31N3O5. The maximum atomic E-state index is 12.9. The quantitative estimate of drug-likeness (QED) is 0.533. The number of nitrogens with one attached hydrogen (secondary N) is 2. The number of urea groups is 1. The highest BCUT2D eigenvalue weighted by Crippen LogP contribution is 2.30. The number of amides is 4. The van der Waals surface area contributed by atoms with Crippen molar-refractivity contribution >= 4 is 23.8 Å². The molecule has 3 rings (SSSR count). The van der Waals surface area contributed by atoms with Gasteiger partial charge in [-0.15, -0.1) is 0 Å². The zero-order valence-corrected chi connectivity index (χ0v) is 18.5. The van der Waals surface area contributed by atoms with Crippen LogP contribution in [0.4, 0.5) is 4.79 Å². The van der Waals surface area contributed by atoms with Gasteiger partial charge in [-0.25, -0.2) is 4.79 Å². The molecule has 8 heteroatoms. The second kappa shape index (κ2) is 9.08. The number of esters is 1. The van der Waals surface area contributed by atoms with Gasteiger partial charge < -0.3 is 15.4 Å². The van der Waals surface area contributed by atoms with Gasteiger partial charge in [-0.1, -0.05) is 57.0 Å². The summed E-state index contributed by atoms with van der Waals surface area (Å²) in [5.41, 5.74) is -0.636. The molecule has 0 bridgehead atoms. The van der Waals surface area contributed by atoms with Crippen LogP contribution in [-0.4, -0.2) is 47.4 Å². The summed E-state index contributed by atoms with van der Waals surface area (Å²) in [6.07, 6.45) is 2.08. The minimum atomic E-state index is -1.25. The second-order valence-corrected chi connectivity index (χ2v) is 8.83. The minimum Gasteiger partial charge on any atom is -0.451 e. The summed E-state index contributed by atoms with van der Waals surface area (Å²) in [5.74, 6) is -0.848. The van der Waals surface area contributed by atoms with Crippen LogP contribution in [0.25, 0.3) is 0 Å². The van der Waals surface area contributed by atoms with Crippen LogP contribution < -0.4 is 10.6 Å². The summed E-state index contributed by atoms with van der Waals surface area (Å²) in [6, 6.07) is 8.20. The van der Waals surface area contributed by atoms with Crippen molar-refractivity contribution in [1.82, 2.24) is 15.5 Å². The minimum absolute atomic E-state index is 0.0509. The molecule has 1 aromatic carbocycles. The van der Waals surface area contributed by atoms with E-state index in [0.29, 0.717) is 17.4 Å². The Hall–Kier alpha value is -2.90. The molecule has 2 aliphatic rings. The Balaban J connectivity index is 1.57. The van der Waals surface area contributed by atoms with Crippen molar-refractivity contribution in [3.05, 3.63) is 35.9 Å². The van der Waals surface area contributed by atoms with Crippen LogP contribution >= 0.6 is 0 Å². The first kappa shape index (κ1) is 22.8. The van der Waals surface area contributed by atoms with Gasteiger partial charge in [-0.2, -0.15) is 0 Å². The van der Waals surface area contributed by atoms with E-state index in [9.17, 15) is 19.2 Å². The highest BCUT2D eigenvalue weighted by atomic mass is 16.5. The summed E-state index contributed by atoms with van der Waals surface area (Å²) < 4.78 is 5.22. The zero-order chi connectivity index (χ0) is 22.8. The van der Waals surface area contributed by atoms with Gasteiger partial charge in [0.2, 0.25) is 0 Å². The Morgan fingerprint density at radius 3 is 2.58 bits per heavy atom. The SMILES string of the molecule is C[C@@H]1[C@@H](C)CCC[C@H]1NC(=O)[C@@H](C)OC(=O)CN1C(=O)N[C@](C)(c2ccccc2)C1=O. The van der Waals surface area contributed by atoms with Gasteiger partial charge >= 0.3 is 12.0 Å². The molecule has 2 N–H and O–H groups in total. The molecule has 0 aromatic heterocycles. The highest BCUT2D eigenvalue weighted by Gasteiger charge is 2.49. The fraction of sp³-hybridized carbons (Fsp3) is 0.565.